The number of carbonyl (C=O) groups is 1. The molecule has 4 heteroatoms. The fourth-order valence-corrected chi connectivity index (χ4v) is 1.99. The molecule has 0 spiro atoms. The lowest BCUT2D eigenvalue weighted by atomic mass is 9.96. The Kier molecular flexibility index (Phi) is 3.39. The molecule has 0 unspecified atom stereocenters. The minimum absolute atomic E-state index is 0.00474. The Bertz CT molecular complexity index is 574. The molecule has 2 rings (SSSR count). The van der Waals surface area contributed by atoms with Gasteiger partial charge in [-0.1, -0.05) is 12.0 Å². The van der Waals surface area contributed by atoms with Gasteiger partial charge in [-0.25, -0.2) is 4.79 Å². The van der Waals surface area contributed by atoms with Crippen LogP contribution in [0.3, 0.4) is 0 Å². The van der Waals surface area contributed by atoms with E-state index in [2.05, 4.69) is 11.2 Å². The summed E-state index contributed by atoms with van der Waals surface area (Å²) in [5.41, 5.74) is 0.409. The summed E-state index contributed by atoms with van der Waals surface area (Å²) in [4.78, 5) is 11.7. The number of amides is 1. The second kappa shape index (κ2) is 4.75. The zero-order chi connectivity index (χ0) is 15.0. The zero-order valence-electron chi connectivity index (χ0n) is 12.0. The van der Waals surface area contributed by atoms with E-state index >= 15 is 0 Å². The largest absolute Gasteiger partial charge is 0.506 e. The van der Waals surface area contributed by atoms with Crippen LogP contribution in [-0.2, 0) is 10.2 Å². The molecule has 0 aliphatic heterocycles. The van der Waals surface area contributed by atoms with Gasteiger partial charge in [0, 0.05) is 0 Å². The van der Waals surface area contributed by atoms with Crippen molar-refractivity contribution in [2.45, 2.75) is 44.6 Å². The van der Waals surface area contributed by atoms with E-state index in [9.17, 15) is 9.90 Å². The lowest BCUT2D eigenvalue weighted by Crippen LogP contribution is -2.27. The maximum Gasteiger partial charge on any atom is 0.412 e. The first-order chi connectivity index (χ1) is 9.26. The molecule has 1 fully saturated rings. The number of rotatable bonds is 2. The smallest absolute Gasteiger partial charge is 0.412 e. The number of anilines is 1. The molecule has 20 heavy (non-hydrogen) atoms. The lowest BCUT2D eigenvalue weighted by molar-refractivity contribution is 0.0635. The van der Waals surface area contributed by atoms with Gasteiger partial charge in [-0.05, 0) is 51.3 Å². The summed E-state index contributed by atoms with van der Waals surface area (Å²) in [6, 6.07) is 5.09. The normalized spacial score (nSPS) is 16.1. The van der Waals surface area contributed by atoms with Gasteiger partial charge in [0.15, 0.2) is 0 Å². The van der Waals surface area contributed by atoms with Crippen LogP contribution in [-0.4, -0.2) is 16.8 Å². The third-order valence-corrected chi connectivity index (χ3v) is 3.21. The zero-order valence-corrected chi connectivity index (χ0v) is 12.0. The Hall–Kier alpha value is -2.15. The van der Waals surface area contributed by atoms with Gasteiger partial charge in [-0.2, -0.15) is 0 Å². The quantitative estimate of drug-likeness (QED) is 0.641. The molecule has 0 bridgehead atoms. The van der Waals surface area contributed by atoms with Crippen molar-refractivity contribution in [3.05, 3.63) is 23.8 Å². The van der Waals surface area contributed by atoms with Crippen molar-refractivity contribution in [2.75, 3.05) is 5.32 Å². The molecule has 0 heterocycles. The Morgan fingerprint density at radius 1 is 1.45 bits per heavy atom. The molecule has 1 amide bonds. The number of phenols is 1. The van der Waals surface area contributed by atoms with Crippen LogP contribution in [0.15, 0.2) is 18.2 Å². The number of terminal acetylenes is 1. The van der Waals surface area contributed by atoms with E-state index in [0.29, 0.717) is 5.69 Å². The SMILES string of the molecule is C#CC1(c2ccc(NC(=O)OC(C)(C)C)c(O)c2)CC1. The maximum atomic E-state index is 11.7. The molecule has 0 saturated heterocycles. The van der Waals surface area contributed by atoms with Crippen LogP contribution in [0.5, 0.6) is 5.75 Å². The van der Waals surface area contributed by atoms with Gasteiger partial charge in [-0.3, -0.25) is 5.32 Å². The Morgan fingerprint density at radius 3 is 2.55 bits per heavy atom. The topological polar surface area (TPSA) is 58.6 Å². The maximum absolute atomic E-state index is 11.7. The fraction of sp³-hybridized carbons (Fsp3) is 0.438. The predicted octanol–water partition coefficient (Wildman–Crippen LogP) is 3.40. The van der Waals surface area contributed by atoms with Gasteiger partial charge in [0.1, 0.15) is 11.4 Å². The molecular formula is C16H19NO3. The number of hydrogen-bond acceptors (Lipinski definition) is 3. The summed E-state index contributed by atoms with van der Waals surface area (Å²) in [6.07, 6.45) is 6.78. The second-order valence-corrected chi connectivity index (χ2v) is 6.09. The van der Waals surface area contributed by atoms with E-state index in [-0.39, 0.29) is 11.2 Å². The van der Waals surface area contributed by atoms with E-state index < -0.39 is 11.7 Å². The van der Waals surface area contributed by atoms with Crippen molar-refractivity contribution in [1.29, 1.82) is 0 Å². The highest BCUT2D eigenvalue weighted by molar-refractivity contribution is 5.87. The predicted molar refractivity (Wildman–Crippen MR) is 77.7 cm³/mol. The number of nitrogens with one attached hydrogen (secondary N) is 1. The summed E-state index contributed by atoms with van der Waals surface area (Å²) >= 11 is 0. The number of phenolic OH excluding ortho intramolecular Hbond substituents is 1. The van der Waals surface area contributed by atoms with Crippen molar-refractivity contribution >= 4 is 11.8 Å². The molecular weight excluding hydrogens is 254 g/mol. The van der Waals surface area contributed by atoms with Crippen LogP contribution in [0.1, 0.15) is 39.2 Å². The van der Waals surface area contributed by atoms with Gasteiger partial charge >= 0.3 is 6.09 Å². The first-order valence-corrected chi connectivity index (χ1v) is 6.57. The molecule has 0 radical (unpaired) electrons. The number of carbonyl (C=O) groups excluding carboxylic acids is 1. The van der Waals surface area contributed by atoms with Gasteiger partial charge in [0.05, 0.1) is 11.1 Å². The van der Waals surface area contributed by atoms with Crippen LogP contribution >= 0.6 is 0 Å². The minimum atomic E-state index is -0.598. The number of benzene rings is 1. The van der Waals surface area contributed by atoms with Gasteiger partial charge in [0.25, 0.3) is 0 Å². The lowest BCUT2D eigenvalue weighted by Gasteiger charge is -2.20. The number of ether oxygens (including phenoxy) is 1. The molecule has 106 valence electrons. The van der Waals surface area contributed by atoms with Crippen molar-refractivity contribution in [2.24, 2.45) is 0 Å². The molecule has 1 aromatic carbocycles. The first-order valence-electron chi connectivity index (χ1n) is 6.57. The highest BCUT2D eigenvalue weighted by Gasteiger charge is 2.42. The van der Waals surface area contributed by atoms with Crippen LogP contribution in [0, 0.1) is 12.3 Å². The molecule has 2 N–H and O–H groups in total. The van der Waals surface area contributed by atoms with Gasteiger partial charge in [-0.15, -0.1) is 6.42 Å². The van der Waals surface area contributed by atoms with Crippen molar-refractivity contribution < 1.29 is 14.6 Å². The van der Waals surface area contributed by atoms with Crippen molar-refractivity contribution in [3.63, 3.8) is 0 Å². The summed E-state index contributed by atoms with van der Waals surface area (Å²) in [7, 11) is 0. The molecule has 0 aromatic heterocycles. The third kappa shape index (κ3) is 3.05. The van der Waals surface area contributed by atoms with Crippen LogP contribution in [0.4, 0.5) is 10.5 Å². The average molecular weight is 273 g/mol. The summed E-state index contributed by atoms with van der Waals surface area (Å²) < 4.78 is 5.13. The first kappa shape index (κ1) is 14.3. The van der Waals surface area contributed by atoms with Gasteiger partial charge in [0.2, 0.25) is 0 Å². The average Bonchev–Trinajstić information content (AvgIpc) is 3.10. The Morgan fingerprint density at radius 2 is 2.10 bits per heavy atom. The third-order valence-electron chi connectivity index (χ3n) is 3.21. The summed E-state index contributed by atoms with van der Waals surface area (Å²) in [5, 5.41) is 12.5. The molecule has 4 nitrogen and oxygen atoms in total. The van der Waals surface area contributed by atoms with E-state index in [1.807, 2.05) is 6.07 Å². The molecule has 1 saturated carbocycles. The molecule has 1 aliphatic rings. The van der Waals surface area contributed by atoms with E-state index in [1.54, 1.807) is 32.9 Å². The molecule has 1 aliphatic carbocycles. The van der Waals surface area contributed by atoms with Crippen molar-refractivity contribution in [3.8, 4) is 18.1 Å². The molecule has 1 aromatic rings. The standard InChI is InChI=1S/C16H19NO3/c1-5-16(8-9-16)11-6-7-12(13(18)10-11)17-14(19)20-15(2,3)4/h1,6-7,10,18H,8-9H2,2-4H3,(H,17,19). The second-order valence-electron chi connectivity index (χ2n) is 6.09. The highest BCUT2D eigenvalue weighted by Crippen LogP contribution is 2.48. The number of aromatic hydroxyl groups is 1. The Labute approximate surface area is 119 Å². The fourth-order valence-electron chi connectivity index (χ4n) is 1.99. The van der Waals surface area contributed by atoms with Crippen LogP contribution < -0.4 is 5.32 Å². The van der Waals surface area contributed by atoms with Gasteiger partial charge < -0.3 is 9.84 Å². The number of hydrogen-bond donors (Lipinski definition) is 2. The van der Waals surface area contributed by atoms with E-state index in [4.69, 9.17) is 11.2 Å². The summed E-state index contributed by atoms with van der Waals surface area (Å²) in [6.45, 7) is 5.33. The Balaban J connectivity index is 2.11. The van der Waals surface area contributed by atoms with Crippen molar-refractivity contribution in [1.82, 2.24) is 0 Å². The van der Waals surface area contributed by atoms with E-state index in [0.717, 1.165) is 18.4 Å². The van der Waals surface area contributed by atoms with Crippen LogP contribution in [0.25, 0.3) is 0 Å². The minimum Gasteiger partial charge on any atom is -0.506 e. The monoisotopic (exact) mass is 273 g/mol. The summed E-state index contributed by atoms with van der Waals surface area (Å²) in [5.74, 6) is 2.76. The van der Waals surface area contributed by atoms with Crippen LogP contribution in [0.2, 0.25) is 0 Å². The molecule has 0 atom stereocenters. The highest BCUT2D eigenvalue weighted by atomic mass is 16.6. The van der Waals surface area contributed by atoms with E-state index in [1.165, 1.54) is 0 Å².